The van der Waals surface area contributed by atoms with Gasteiger partial charge < -0.3 is 17.4 Å². The summed E-state index contributed by atoms with van der Waals surface area (Å²) in [6.45, 7) is 6.71. The Hall–Kier alpha value is 0.274. The van der Waals surface area contributed by atoms with Gasteiger partial charge in [-0.3, -0.25) is 0 Å². The van der Waals surface area contributed by atoms with Crippen LogP contribution >= 0.6 is 0 Å². The smallest absolute Gasteiger partial charge is 0.394 e. The van der Waals surface area contributed by atoms with E-state index in [0.717, 1.165) is 6.04 Å². The van der Waals surface area contributed by atoms with Gasteiger partial charge in [-0.15, -0.1) is 0 Å². The van der Waals surface area contributed by atoms with Gasteiger partial charge in [0.1, 0.15) is 0 Å². The summed E-state index contributed by atoms with van der Waals surface area (Å²) in [5.41, 5.74) is 0. The third-order valence-corrected chi connectivity index (χ3v) is 10.6. The topological polar surface area (TPSA) is 36.9 Å². The molecule has 23 heavy (non-hydrogen) atoms. The Bertz CT molecular complexity index is 263. The third kappa shape index (κ3) is 11.5. The summed E-state index contributed by atoms with van der Waals surface area (Å²) in [5, 5.41) is 0. The Morgan fingerprint density at radius 2 is 1.00 bits per heavy atom. The van der Waals surface area contributed by atoms with Gasteiger partial charge in [-0.1, -0.05) is 71.1 Å². The van der Waals surface area contributed by atoms with Crippen molar-refractivity contribution in [3.05, 3.63) is 0 Å². The lowest BCUT2D eigenvalue weighted by atomic mass is 10.1. The maximum absolute atomic E-state index is 6.17. The molecule has 0 aliphatic rings. The highest BCUT2D eigenvalue weighted by Crippen LogP contribution is 2.23. The SMILES string of the molecule is CCCCCCCCCCCC[Si](C)(C)O[Si](OC)(OC)OC. The van der Waals surface area contributed by atoms with Gasteiger partial charge in [-0.05, 0) is 19.1 Å². The van der Waals surface area contributed by atoms with Gasteiger partial charge >= 0.3 is 9.05 Å². The van der Waals surface area contributed by atoms with Gasteiger partial charge in [0.15, 0.2) is 8.32 Å². The Balaban J connectivity index is 3.74. The van der Waals surface area contributed by atoms with Crippen molar-refractivity contribution in [3.63, 3.8) is 0 Å². The molecular formula is C17H40O4Si2. The quantitative estimate of drug-likeness (QED) is 0.267. The molecule has 140 valence electrons. The zero-order chi connectivity index (χ0) is 17.6. The molecule has 0 amide bonds. The van der Waals surface area contributed by atoms with E-state index in [1.54, 1.807) is 21.3 Å². The van der Waals surface area contributed by atoms with E-state index in [9.17, 15) is 0 Å². The molecule has 0 aliphatic heterocycles. The highest BCUT2D eigenvalue weighted by molar-refractivity contribution is 6.78. The fraction of sp³-hybridized carbons (Fsp3) is 1.00. The molecule has 0 saturated heterocycles. The van der Waals surface area contributed by atoms with Crippen LogP contribution in [0.15, 0.2) is 0 Å². The second kappa shape index (κ2) is 13.6. The van der Waals surface area contributed by atoms with Crippen molar-refractivity contribution >= 4 is 17.4 Å². The highest BCUT2D eigenvalue weighted by atomic mass is 28.5. The first-order chi connectivity index (χ1) is 10.9. The minimum absolute atomic E-state index is 1.13. The van der Waals surface area contributed by atoms with Crippen molar-refractivity contribution in [3.8, 4) is 0 Å². The van der Waals surface area contributed by atoms with Crippen molar-refractivity contribution < 1.29 is 17.4 Å². The van der Waals surface area contributed by atoms with Crippen molar-refractivity contribution in [1.29, 1.82) is 0 Å². The monoisotopic (exact) mass is 364 g/mol. The maximum Gasteiger partial charge on any atom is 0.668 e. The summed E-state index contributed by atoms with van der Waals surface area (Å²) >= 11 is 0. The number of hydrogen-bond acceptors (Lipinski definition) is 4. The standard InChI is InChI=1S/C17H40O4Si2/c1-7-8-9-10-11-12-13-14-15-16-17-22(5,6)21-23(18-2,19-3)20-4/h7-17H2,1-6H3. The minimum atomic E-state index is -2.89. The summed E-state index contributed by atoms with van der Waals surface area (Å²) in [7, 11) is 0.111. The Kier molecular flexibility index (Phi) is 13.7. The Morgan fingerprint density at radius 3 is 1.39 bits per heavy atom. The molecule has 0 bridgehead atoms. The normalized spacial score (nSPS) is 12.8. The van der Waals surface area contributed by atoms with Crippen molar-refractivity contribution in [2.24, 2.45) is 0 Å². The van der Waals surface area contributed by atoms with Crippen LogP contribution in [0.2, 0.25) is 19.1 Å². The van der Waals surface area contributed by atoms with Crippen molar-refractivity contribution in [2.45, 2.75) is 90.3 Å². The van der Waals surface area contributed by atoms with Gasteiger partial charge in [-0.2, -0.15) is 0 Å². The first-order valence-electron chi connectivity index (χ1n) is 9.31. The van der Waals surface area contributed by atoms with Crippen LogP contribution in [0.5, 0.6) is 0 Å². The van der Waals surface area contributed by atoms with Gasteiger partial charge in [0.05, 0.1) is 0 Å². The first-order valence-corrected chi connectivity index (χ1v) is 14.1. The molecule has 0 aliphatic carbocycles. The van der Waals surface area contributed by atoms with Crippen LogP contribution in [0.25, 0.3) is 0 Å². The number of hydrogen-bond donors (Lipinski definition) is 0. The molecule has 0 unspecified atom stereocenters. The van der Waals surface area contributed by atoms with E-state index in [0.29, 0.717) is 0 Å². The molecule has 0 fully saturated rings. The molecule has 0 heterocycles. The second-order valence-electron chi connectivity index (χ2n) is 6.91. The molecule has 0 aromatic rings. The van der Waals surface area contributed by atoms with Crippen LogP contribution in [-0.4, -0.2) is 38.7 Å². The lowest BCUT2D eigenvalue weighted by molar-refractivity contribution is 0.0478. The van der Waals surface area contributed by atoms with E-state index in [-0.39, 0.29) is 0 Å². The average Bonchev–Trinajstić information content (AvgIpc) is 2.54. The van der Waals surface area contributed by atoms with Crippen LogP contribution in [-0.2, 0) is 17.4 Å². The van der Waals surface area contributed by atoms with Crippen LogP contribution in [0.1, 0.15) is 71.1 Å². The molecule has 6 heteroatoms. The molecule has 0 radical (unpaired) electrons. The van der Waals surface area contributed by atoms with Crippen LogP contribution < -0.4 is 0 Å². The summed E-state index contributed by atoms with van der Waals surface area (Å²) in [4.78, 5) is 0. The lowest BCUT2D eigenvalue weighted by Crippen LogP contribution is -2.53. The van der Waals surface area contributed by atoms with E-state index in [4.69, 9.17) is 17.4 Å². The van der Waals surface area contributed by atoms with E-state index in [1.165, 1.54) is 64.2 Å². The minimum Gasteiger partial charge on any atom is -0.394 e. The summed E-state index contributed by atoms with van der Waals surface area (Å²) in [6.07, 6.45) is 13.6. The lowest BCUT2D eigenvalue weighted by Gasteiger charge is -2.32. The fourth-order valence-corrected chi connectivity index (χ4v) is 8.52. The molecular weight excluding hydrogens is 324 g/mol. The van der Waals surface area contributed by atoms with Gasteiger partial charge in [0.25, 0.3) is 0 Å². The third-order valence-electron chi connectivity index (χ3n) is 4.28. The summed E-state index contributed by atoms with van der Waals surface area (Å²) in [5.74, 6) is 0. The first kappa shape index (κ1) is 23.3. The molecule has 0 spiro atoms. The zero-order valence-electron chi connectivity index (χ0n) is 16.4. The largest absolute Gasteiger partial charge is 0.668 e. The van der Waals surface area contributed by atoms with E-state index in [2.05, 4.69) is 20.0 Å². The number of rotatable bonds is 16. The zero-order valence-corrected chi connectivity index (χ0v) is 18.4. The van der Waals surface area contributed by atoms with Crippen LogP contribution in [0, 0.1) is 0 Å². The molecule has 0 aromatic carbocycles. The van der Waals surface area contributed by atoms with Crippen LogP contribution in [0.3, 0.4) is 0 Å². The molecule has 4 nitrogen and oxygen atoms in total. The molecule has 0 atom stereocenters. The Labute approximate surface area is 146 Å². The average molecular weight is 365 g/mol. The molecule has 0 saturated carbocycles. The molecule has 0 aromatic heterocycles. The van der Waals surface area contributed by atoms with Gasteiger partial charge in [-0.25, -0.2) is 0 Å². The second-order valence-corrected chi connectivity index (χ2v) is 14.0. The van der Waals surface area contributed by atoms with E-state index < -0.39 is 17.4 Å². The van der Waals surface area contributed by atoms with E-state index in [1.807, 2.05) is 0 Å². The predicted molar refractivity (Wildman–Crippen MR) is 102 cm³/mol. The van der Waals surface area contributed by atoms with Crippen molar-refractivity contribution in [1.82, 2.24) is 0 Å². The maximum atomic E-state index is 6.17. The highest BCUT2D eigenvalue weighted by Gasteiger charge is 2.47. The number of unbranched alkanes of at least 4 members (excludes halogenated alkanes) is 9. The Morgan fingerprint density at radius 1 is 0.609 bits per heavy atom. The predicted octanol–water partition coefficient (Wildman–Crippen LogP) is 5.50. The van der Waals surface area contributed by atoms with Gasteiger partial charge in [0, 0.05) is 21.3 Å². The summed E-state index contributed by atoms with van der Waals surface area (Å²) in [6, 6.07) is 1.13. The van der Waals surface area contributed by atoms with Crippen molar-refractivity contribution in [2.75, 3.05) is 21.3 Å². The van der Waals surface area contributed by atoms with E-state index >= 15 is 0 Å². The summed E-state index contributed by atoms with van der Waals surface area (Å²) < 4.78 is 22.3. The van der Waals surface area contributed by atoms with Crippen LogP contribution in [0.4, 0.5) is 0 Å². The molecule has 0 rings (SSSR count). The molecule has 0 N–H and O–H groups in total. The van der Waals surface area contributed by atoms with Gasteiger partial charge in [0.2, 0.25) is 0 Å². The fourth-order valence-electron chi connectivity index (χ4n) is 2.80.